The number of benzene rings is 2. The largest absolute Gasteiger partial charge is 0.481 e. The molecule has 3 aromatic rings. The molecule has 0 aliphatic carbocycles. The van der Waals surface area contributed by atoms with Crippen LogP contribution in [-0.2, 0) is 11.2 Å². The second-order valence-corrected chi connectivity index (χ2v) is 5.45. The Morgan fingerprint density at radius 3 is 2.61 bits per heavy atom. The first kappa shape index (κ1) is 17.0. The number of pyridine rings is 1. The van der Waals surface area contributed by atoms with Crippen molar-refractivity contribution in [3.05, 3.63) is 65.7 Å². The lowest BCUT2D eigenvalue weighted by atomic mass is 10.00. The number of rotatable bonds is 4. The quantitative estimate of drug-likeness (QED) is 0.758. The lowest BCUT2D eigenvalue weighted by molar-refractivity contribution is -0.136. The van der Waals surface area contributed by atoms with E-state index < -0.39 is 5.97 Å². The number of hydrogen-bond acceptors (Lipinski definition) is 2. The molecule has 0 bridgehead atoms. The average molecular weight is 328 g/mol. The van der Waals surface area contributed by atoms with Gasteiger partial charge in [-0.3, -0.25) is 4.79 Å². The first-order valence-electron chi connectivity index (χ1n) is 7.31. The maximum atomic E-state index is 10.9. The predicted molar refractivity (Wildman–Crippen MR) is 95.1 cm³/mol. The Morgan fingerprint density at radius 1 is 1.09 bits per heavy atom. The van der Waals surface area contributed by atoms with Gasteiger partial charge >= 0.3 is 5.97 Å². The van der Waals surface area contributed by atoms with Crippen molar-refractivity contribution < 1.29 is 9.90 Å². The number of para-hydroxylation sites is 1. The van der Waals surface area contributed by atoms with Crippen LogP contribution < -0.4 is 0 Å². The minimum absolute atomic E-state index is 0. The number of carboxylic acids is 1. The summed E-state index contributed by atoms with van der Waals surface area (Å²) < 4.78 is 0. The van der Waals surface area contributed by atoms with Crippen LogP contribution in [0.15, 0.2) is 54.6 Å². The second-order valence-electron chi connectivity index (χ2n) is 5.45. The van der Waals surface area contributed by atoms with Crippen molar-refractivity contribution in [3.8, 4) is 11.3 Å². The molecule has 0 amide bonds. The van der Waals surface area contributed by atoms with Gasteiger partial charge in [-0.15, -0.1) is 12.4 Å². The number of halogens is 1. The van der Waals surface area contributed by atoms with Crippen LogP contribution >= 0.6 is 12.4 Å². The smallest absolute Gasteiger partial charge is 0.303 e. The van der Waals surface area contributed by atoms with Gasteiger partial charge in [0.2, 0.25) is 0 Å². The van der Waals surface area contributed by atoms with Crippen molar-refractivity contribution in [2.75, 3.05) is 0 Å². The molecule has 1 N–H and O–H groups in total. The van der Waals surface area contributed by atoms with E-state index >= 15 is 0 Å². The molecule has 0 unspecified atom stereocenters. The molecule has 2 aromatic carbocycles. The highest BCUT2D eigenvalue weighted by molar-refractivity contribution is 5.86. The molecule has 4 heteroatoms. The van der Waals surface area contributed by atoms with E-state index in [2.05, 4.69) is 19.1 Å². The van der Waals surface area contributed by atoms with E-state index in [0.717, 1.165) is 27.7 Å². The molecule has 0 saturated heterocycles. The third-order valence-electron chi connectivity index (χ3n) is 3.72. The van der Waals surface area contributed by atoms with E-state index in [-0.39, 0.29) is 18.8 Å². The highest BCUT2D eigenvalue weighted by Crippen LogP contribution is 2.26. The van der Waals surface area contributed by atoms with Crippen molar-refractivity contribution in [1.29, 1.82) is 0 Å². The normalized spacial score (nSPS) is 10.3. The van der Waals surface area contributed by atoms with Gasteiger partial charge in [0.15, 0.2) is 0 Å². The summed E-state index contributed by atoms with van der Waals surface area (Å²) >= 11 is 0. The molecule has 23 heavy (non-hydrogen) atoms. The molecule has 0 atom stereocenters. The van der Waals surface area contributed by atoms with Gasteiger partial charge in [-0.25, -0.2) is 4.98 Å². The fourth-order valence-corrected chi connectivity index (χ4v) is 2.65. The van der Waals surface area contributed by atoms with E-state index in [1.54, 1.807) is 0 Å². The van der Waals surface area contributed by atoms with Crippen LogP contribution in [0.3, 0.4) is 0 Å². The molecule has 118 valence electrons. The predicted octanol–water partition coefficient (Wildman–Crippen LogP) is 4.65. The van der Waals surface area contributed by atoms with Crippen LogP contribution in [0.4, 0.5) is 0 Å². The number of aliphatic carboxylic acids is 1. The van der Waals surface area contributed by atoms with Gasteiger partial charge in [0.05, 0.1) is 11.2 Å². The van der Waals surface area contributed by atoms with Crippen molar-refractivity contribution in [1.82, 2.24) is 4.98 Å². The Balaban J connectivity index is 0.00000192. The van der Waals surface area contributed by atoms with Crippen LogP contribution in [0.5, 0.6) is 0 Å². The fraction of sp³-hybridized carbons (Fsp3) is 0.158. The Bertz CT molecular complexity index is 846. The summed E-state index contributed by atoms with van der Waals surface area (Å²) in [6.07, 6.45) is 0.637. The molecule has 0 radical (unpaired) electrons. The summed E-state index contributed by atoms with van der Waals surface area (Å²) in [6.45, 7) is 2.05. The van der Waals surface area contributed by atoms with E-state index in [1.807, 2.05) is 42.5 Å². The number of nitrogens with zero attached hydrogens (tertiary/aromatic N) is 1. The zero-order chi connectivity index (χ0) is 15.5. The van der Waals surface area contributed by atoms with E-state index in [4.69, 9.17) is 10.1 Å². The second kappa shape index (κ2) is 7.25. The van der Waals surface area contributed by atoms with Crippen LogP contribution in [0.1, 0.15) is 17.5 Å². The third-order valence-corrected chi connectivity index (χ3v) is 3.72. The minimum Gasteiger partial charge on any atom is -0.481 e. The number of fused-ring (bicyclic) bond motifs is 1. The zero-order valence-corrected chi connectivity index (χ0v) is 13.6. The lowest BCUT2D eigenvalue weighted by Crippen LogP contribution is -1.99. The highest BCUT2D eigenvalue weighted by atomic mass is 35.5. The minimum atomic E-state index is -0.780. The van der Waals surface area contributed by atoms with Gasteiger partial charge in [0.25, 0.3) is 0 Å². The Labute approximate surface area is 141 Å². The topological polar surface area (TPSA) is 50.2 Å². The first-order chi connectivity index (χ1) is 10.6. The molecule has 1 heterocycles. The van der Waals surface area contributed by atoms with Gasteiger partial charge in [-0.1, -0.05) is 42.0 Å². The van der Waals surface area contributed by atoms with Gasteiger partial charge in [-0.2, -0.15) is 0 Å². The Morgan fingerprint density at radius 2 is 1.87 bits per heavy atom. The zero-order valence-electron chi connectivity index (χ0n) is 12.8. The summed E-state index contributed by atoms with van der Waals surface area (Å²) in [4.78, 5) is 15.6. The van der Waals surface area contributed by atoms with E-state index in [1.165, 1.54) is 5.56 Å². The van der Waals surface area contributed by atoms with E-state index in [9.17, 15) is 4.79 Å². The summed E-state index contributed by atoms with van der Waals surface area (Å²) in [7, 11) is 0. The summed E-state index contributed by atoms with van der Waals surface area (Å²) in [5.41, 5.74) is 5.07. The molecule has 0 aliphatic rings. The molecule has 1 aromatic heterocycles. The molecule has 0 aliphatic heterocycles. The Kier molecular flexibility index (Phi) is 5.35. The molecule has 0 spiro atoms. The Hall–Kier alpha value is -2.39. The number of carboxylic acid groups (broad SMARTS) is 1. The number of carbonyl (C=O) groups is 1. The standard InChI is InChI=1S/C19H17NO2.ClH/c1-13-5-4-6-15(11-13)18-12-14(9-10-19(21)22)16-7-2-3-8-17(16)20-18;/h2-8,11-12H,9-10H2,1H3,(H,21,22);1H. The van der Waals surface area contributed by atoms with Gasteiger partial charge in [0.1, 0.15) is 0 Å². The lowest BCUT2D eigenvalue weighted by Gasteiger charge is -2.09. The molecule has 0 fully saturated rings. The van der Waals surface area contributed by atoms with Crippen LogP contribution in [-0.4, -0.2) is 16.1 Å². The van der Waals surface area contributed by atoms with Crippen LogP contribution in [0, 0.1) is 6.92 Å². The van der Waals surface area contributed by atoms with Crippen molar-refractivity contribution in [3.63, 3.8) is 0 Å². The number of aromatic nitrogens is 1. The van der Waals surface area contributed by atoms with Crippen LogP contribution in [0.2, 0.25) is 0 Å². The molecule has 3 rings (SSSR count). The van der Waals surface area contributed by atoms with E-state index in [0.29, 0.717) is 6.42 Å². The number of hydrogen-bond donors (Lipinski definition) is 1. The third kappa shape index (κ3) is 3.88. The van der Waals surface area contributed by atoms with Gasteiger partial charge in [-0.05, 0) is 37.1 Å². The maximum Gasteiger partial charge on any atom is 0.303 e. The number of aryl methyl sites for hydroxylation is 2. The summed E-state index contributed by atoms with van der Waals surface area (Å²) in [5.74, 6) is -0.780. The van der Waals surface area contributed by atoms with Crippen molar-refractivity contribution in [2.45, 2.75) is 19.8 Å². The molecule has 3 nitrogen and oxygen atoms in total. The monoisotopic (exact) mass is 327 g/mol. The first-order valence-corrected chi connectivity index (χ1v) is 7.31. The summed E-state index contributed by atoms with van der Waals surface area (Å²) in [6, 6.07) is 18.1. The summed E-state index contributed by atoms with van der Waals surface area (Å²) in [5, 5.41) is 9.98. The average Bonchev–Trinajstić information content (AvgIpc) is 2.52. The van der Waals surface area contributed by atoms with Gasteiger partial charge in [0, 0.05) is 17.4 Å². The van der Waals surface area contributed by atoms with Crippen LogP contribution in [0.25, 0.3) is 22.2 Å². The van der Waals surface area contributed by atoms with Gasteiger partial charge < -0.3 is 5.11 Å². The van der Waals surface area contributed by atoms with Crippen molar-refractivity contribution >= 4 is 29.3 Å². The SMILES string of the molecule is Cc1cccc(-c2cc(CCC(=O)O)c3ccccc3n2)c1.Cl. The molecular weight excluding hydrogens is 310 g/mol. The highest BCUT2D eigenvalue weighted by Gasteiger charge is 2.09. The maximum absolute atomic E-state index is 10.9. The fourth-order valence-electron chi connectivity index (χ4n) is 2.65. The molecular formula is C19H18ClNO2. The van der Waals surface area contributed by atoms with Crippen molar-refractivity contribution in [2.24, 2.45) is 0 Å². The molecule has 0 saturated carbocycles.